The Morgan fingerprint density at radius 2 is 0.826 bits per heavy atom. The van der Waals surface area contributed by atoms with Crippen molar-refractivity contribution in [3.63, 3.8) is 0 Å². The van der Waals surface area contributed by atoms with Gasteiger partial charge in [-0.05, 0) is 111 Å². The van der Waals surface area contributed by atoms with Gasteiger partial charge in [0.05, 0.1) is 17.1 Å². The molecular formula is C44H72N2. The van der Waals surface area contributed by atoms with Crippen LogP contribution in [0.5, 0.6) is 0 Å². The normalized spacial score (nSPS) is 12.1. The molecule has 2 rings (SSSR count). The predicted molar refractivity (Wildman–Crippen MR) is 208 cm³/mol. The summed E-state index contributed by atoms with van der Waals surface area (Å²) in [6, 6.07) is 13.9. The molecule has 46 heavy (non-hydrogen) atoms. The smallest absolute Gasteiger partial charge is 0.0636 e. The van der Waals surface area contributed by atoms with Crippen LogP contribution in [0.4, 0.5) is 11.4 Å². The topological polar surface area (TPSA) is 24.7 Å². The highest BCUT2D eigenvalue weighted by Gasteiger charge is 2.07. The molecule has 0 amide bonds. The van der Waals surface area contributed by atoms with Crippen molar-refractivity contribution in [1.29, 1.82) is 0 Å². The van der Waals surface area contributed by atoms with Crippen molar-refractivity contribution in [2.75, 3.05) is 0 Å². The molecule has 2 aromatic carbocycles. The molecule has 2 aromatic rings. The van der Waals surface area contributed by atoms with Crippen LogP contribution in [0.25, 0.3) is 0 Å². The molecule has 258 valence electrons. The van der Waals surface area contributed by atoms with E-state index in [1.54, 1.807) is 0 Å². The fraction of sp³-hybridized carbons (Fsp3) is 0.682. The van der Waals surface area contributed by atoms with Crippen LogP contribution in [-0.2, 0) is 25.7 Å². The second kappa shape index (κ2) is 26.8. The Hall–Kier alpha value is -2.22. The van der Waals surface area contributed by atoms with Crippen LogP contribution in [0.2, 0.25) is 0 Å². The molecule has 0 saturated heterocycles. The molecule has 0 unspecified atom stereocenters. The standard InChI is InChI=1S/C44H72N2/c1-6-11-16-17-18-19-20-21-22-23-24-25-30-44(46-43-34-32-39(27-13-8-3)41(36-43)29-15-10-5)37-45-42-33-31-38(26-12-7-2)40(35-42)28-14-9-4/h31-37H,6-30H2,1-5H3. The van der Waals surface area contributed by atoms with E-state index in [2.05, 4.69) is 77.2 Å². The Kier molecular flexibility index (Phi) is 23.3. The number of rotatable bonds is 28. The summed E-state index contributed by atoms with van der Waals surface area (Å²) in [7, 11) is 0. The number of aryl methyl sites for hydroxylation is 4. The molecule has 2 nitrogen and oxygen atoms in total. The Morgan fingerprint density at radius 3 is 1.30 bits per heavy atom. The number of benzene rings is 2. The summed E-state index contributed by atoms with van der Waals surface area (Å²) in [5.41, 5.74) is 9.34. The van der Waals surface area contributed by atoms with Crippen LogP contribution in [0.1, 0.15) is 192 Å². The van der Waals surface area contributed by atoms with Crippen LogP contribution in [0.3, 0.4) is 0 Å². The van der Waals surface area contributed by atoms with Gasteiger partial charge in [0.25, 0.3) is 0 Å². The summed E-state index contributed by atoms with van der Waals surface area (Å²) < 4.78 is 0. The van der Waals surface area contributed by atoms with E-state index in [4.69, 9.17) is 9.98 Å². The van der Waals surface area contributed by atoms with Crippen molar-refractivity contribution in [3.05, 3.63) is 58.7 Å². The van der Waals surface area contributed by atoms with E-state index in [1.807, 2.05) is 0 Å². The number of nitrogens with zero attached hydrogens (tertiary/aromatic N) is 2. The van der Waals surface area contributed by atoms with Gasteiger partial charge in [0, 0.05) is 6.21 Å². The third-order valence-corrected chi connectivity index (χ3v) is 9.50. The van der Waals surface area contributed by atoms with Gasteiger partial charge in [-0.25, -0.2) is 0 Å². The first-order chi connectivity index (χ1) is 22.6. The Bertz CT molecular complexity index is 1100. The van der Waals surface area contributed by atoms with Gasteiger partial charge in [0.1, 0.15) is 0 Å². The highest BCUT2D eigenvalue weighted by Crippen LogP contribution is 2.25. The zero-order valence-electron chi connectivity index (χ0n) is 31.1. The maximum atomic E-state index is 5.25. The van der Waals surface area contributed by atoms with Crippen LogP contribution in [0, 0.1) is 0 Å². The van der Waals surface area contributed by atoms with Crippen LogP contribution in [-0.4, -0.2) is 11.9 Å². The van der Waals surface area contributed by atoms with Gasteiger partial charge in [-0.1, -0.05) is 143 Å². The third kappa shape index (κ3) is 17.6. The number of unbranched alkanes of at least 4 members (excludes halogenated alkanes) is 15. The van der Waals surface area contributed by atoms with Gasteiger partial charge in [0.2, 0.25) is 0 Å². The van der Waals surface area contributed by atoms with Crippen molar-refractivity contribution < 1.29 is 0 Å². The summed E-state index contributed by atoms with van der Waals surface area (Å²) in [4.78, 5) is 10.3. The molecule has 0 aliphatic carbocycles. The summed E-state index contributed by atoms with van der Waals surface area (Å²) >= 11 is 0. The SMILES string of the molecule is CCCCCCCCCCCCCCC(C=Nc1ccc(CCCC)c(CCCC)c1)=Nc1ccc(CCCC)c(CCCC)c1. The molecule has 0 bridgehead atoms. The average Bonchev–Trinajstić information content (AvgIpc) is 3.08. The highest BCUT2D eigenvalue weighted by molar-refractivity contribution is 6.31. The quantitative estimate of drug-likeness (QED) is 0.0661. The molecule has 0 atom stereocenters. The summed E-state index contributed by atoms with van der Waals surface area (Å²) in [5, 5.41) is 0. The van der Waals surface area contributed by atoms with Gasteiger partial charge in [-0.2, -0.15) is 0 Å². The molecule has 0 fully saturated rings. The average molecular weight is 629 g/mol. The second-order valence-electron chi connectivity index (χ2n) is 13.8. The van der Waals surface area contributed by atoms with Gasteiger partial charge >= 0.3 is 0 Å². The van der Waals surface area contributed by atoms with Gasteiger partial charge in [-0.15, -0.1) is 0 Å². The lowest BCUT2D eigenvalue weighted by Crippen LogP contribution is -2.01. The minimum absolute atomic E-state index is 1.00. The molecular weight excluding hydrogens is 556 g/mol. The van der Waals surface area contributed by atoms with E-state index in [9.17, 15) is 0 Å². The van der Waals surface area contributed by atoms with Gasteiger partial charge in [-0.3, -0.25) is 9.98 Å². The van der Waals surface area contributed by atoms with E-state index in [-0.39, 0.29) is 0 Å². The molecule has 0 saturated carbocycles. The molecule has 0 N–H and O–H groups in total. The lowest BCUT2D eigenvalue weighted by Gasteiger charge is -2.11. The maximum Gasteiger partial charge on any atom is 0.0636 e. The van der Waals surface area contributed by atoms with E-state index >= 15 is 0 Å². The first-order valence-corrected chi connectivity index (χ1v) is 20.0. The zero-order chi connectivity index (χ0) is 33.1. The van der Waals surface area contributed by atoms with Crippen molar-refractivity contribution in [1.82, 2.24) is 0 Å². The van der Waals surface area contributed by atoms with Gasteiger partial charge in [0.15, 0.2) is 0 Å². The Labute approximate surface area is 286 Å². The van der Waals surface area contributed by atoms with Crippen molar-refractivity contribution in [2.45, 2.75) is 195 Å². The summed E-state index contributed by atoms with van der Waals surface area (Å²) in [5.74, 6) is 0. The Morgan fingerprint density at radius 1 is 0.435 bits per heavy atom. The molecule has 2 heteroatoms. The lowest BCUT2D eigenvalue weighted by molar-refractivity contribution is 0.546. The largest absolute Gasteiger partial charge is 0.255 e. The van der Waals surface area contributed by atoms with Crippen molar-refractivity contribution in [2.24, 2.45) is 9.98 Å². The molecule has 0 radical (unpaired) electrons. The fourth-order valence-corrected chi connectivity index (χ4v) is 6.41. The maximum absolute atomic E-state index is 5.25. The lowest BCUT2D eigenvalue weighted by atomic mass is 9.97. The van der Waals surface area contributed by atoms with Crippen LogP contribution < -0.4 is 0 Å². The summed E-state index contributed by atoms with van der Waals surface area (Å²) in [6.07, 6.45) is 34.2. The van der Waals surface area contributed by atoms with E-state index < -0.39 is 0 Å². The zero-order valence-corrected chi connectivity index (χ0v) is 31.1. The number of hydrogen-bond acceptors (Lipinski definition) is 2. The van der Waals surface area contributed by atoms with Gasteiger partial charge < -0.3 is 0 Å². The van der Waals surface area contributed by atoms with Crippen molar-refractivity contribution in [3.8, 4) is 0 Å². The van der Waals surface area contributed by atoms with Crippen molar-refractivity contribution >= 4 is 23.3 Å². The molecule has 0 aliphatic rings. The van der Waals surface area contributed by atoms with Crippen LogP contribution in [0.15, 0.2) is 46.4 Å². The molecule has 0 heterocycles. The minimum Gasteiger partial charge on any atom is -0.255 e. The third-order valence-electron chi connectivity index (χ3n) is 9.50. The summed E-state index contributed by atoms with van der Waals surface area (Å²) in [6.45, 7) is 11.5. The molecule has 0 aliphatic heterocycles. The van der Waals surface area contributed by atoms with E-state index in [0.29, 0.717) is 0 Å². The second-order valence-corrected chi connectivity index (χ2v) is 13.8. The highest BCUT2D eigenvalue weighted by atomic mass is 14.8. The monoisotopic (exact) mass is 629 g/mol. The Balaban J connectivity index is 2.13. The van der Waals surface area contributed by atoms with Crippen LogP contribution >= 0.6 is 0 Å². The predicted octanol–water partition coefficient (Wildman–Crippen LogP) is 14.6. The first-order valence-electron chi connectivity index (χ1n) is 20.0. The number of hydrogen-bond donors (Lipinski definition) is 0. The minimum atomic E-state index is 1.00. The van der Waals surface area contributed by atoms with E-state index in [1.165, 1.54) is 164 Å². The first kappa shape index (κ1) is 40.0. The molecule has 0 aromatic heterocycles. The molecule has 0 spiro atoms. The number of aliphatic imine (C=N–C) groups is 2. The fourth-order valence-electron chi connectivity index (χ4n) is 6.41. The van der Waals surface area contributed by atoms with E-state index in [0.717, 1.165) is 36.3 Å².